The number of carbonyl (C=O) groups is 1. The number of halogens is 3. The van der Waals surface area contributed by atoms with Crippen LogP contribution >= 0.6 is 0 Å². The van der Waals surface area contributed by atoms with E-state index in [0.29, 0.717) is 18.6 Å². The van der Waals surface area contributed by atoms with Crippen LogP contribution in [-0.2, 0) is 11.0 Å². The van der Waals surface area contributed by atoms with Gasteiger partial charge in [0.05, 0.1) is 23.2 Å². The summed E-state index contributed by atoms with van der Waals surface area (Å²) >= 11 is 0. The summed E-state index contributed by atoms with van der Waals surface area (Å²) in [5.74, 6) is -0.0493. The molecule has 1 fully saturated rings. The fourth-order valence-corrected chi connectivity index (χ4v) is 4.31. The molecule has 1 saturated heterocycles. The zero-order valence-corrected chi connectivity index (χ0v) is 18.3. The Morgan fingerprint density at radius 1 is 1.12 bits per heavy atom. The molecule has 3 aromatic rings. The van der Waals surface area contributed by atoms with E-state index in [-0.39, 0.29) is 23.5 Å². The standard InChI is InChI=1S/C23H26F3N5O/c1-14-5-4-6-15(2)21(14)27-22(32)16(3)30-11-9-18(10-12-30)31-20-8-7-17(23(24,25)26)13-19(20)28-29-31/h4-8,13,16,18H,9-12H2,1-3H3,(H,27,32)/t16-/m0/s1. The Labute approximate surface area is 184 Å². The molecule has 1 amide bonds. The summed E-state index contributed by atoms with van der Waals surface area (Å²) in [5.41, 5.74) is 3.01. The summed E-state index contributed by atoms with van der Waals surface area (Å²) in [4.78, 5) is 15.0. The van der Waals surface area contributed by atoms with Crippen LogP contribution in [0.5, 0.6) is 0 Å². The monoisotopic (exact) mass is 445 g/mol. The van der Waals surface area contributed by atoms with Crippen LogP contribution in [0.15, 0.2) is 36.4 Å². The summed E-state index contributed by atoms with van der Waals surface area (Å²) < 4.78 is 40.6. The number of aryl methyl sites for hydroxylation is 2. The van der Waals surface area contributed by atoms with Gasteiger partial charge in [-0.15, -0.1) is 5.10 Å². The number of amides is 1. The molecule has 1 aromatic heterocycles. The Morgan fingerprint density at radius 3 is 2.41 bits per heavy atom. The highest BCUT2D eigenvalue weighted by Gasteiger charge is 2.32. The van der Waals surface area contributed by atoms with Crippen LogP contribution in [0.1, 0.15) is 42.5 Å². The molecule has 170 valence electrons. The number of alkyl halides is 3. The molecule has 1 N–H and O–H groups in total. The Hall–Kier alpha value is -2.94. The van der Waals surface area contributed by atoms with Crippen molar-refractivity contribution in [2.24, 2.45) is 0 Å². The van der Waals surface area contributed by atoms with E-state index < -0.39 is 11.7 Å². The van der Waals surface area contributed by atoms with E-state index in [9.17, 15) is 18.0 Å². The van der Waals surface area contributed by atoms with E-state index >= 15 is 0 Å². The summed E-state index contributed by atoms with van der Waals surface area (Å²) in [5, 5.41) is 11.1. The van der Waals surface area contributed by atoms with Gasteiger partial charge in [0.2, 0.25) is 5.91 Å². The molecule has 1 atom stereocenters. The maximum atomic E-state index is 12.9. The quantitative estimate of drug-likeness (QED) is 0.631. The topological polar surface area (TPSA) is 63.1 Å². The van der Waals surface area contributed by atoms with Crippen molar-refractivity contribution in [3.63, 3.8) is 0 Å². The number of hydrogen-bond donors (Lipinski definition) is 1. The van der Waals surface area contributed by atoms with E-state index in [2.05, 4.69) is 20.5 Å². The molecule has 32 heavy (non-hydrogen) atoms. The van der Waals surface area contributed by atoms with Crippen molar-refractivity contribution < 1.29 is 18.0 Å². The second-order valence-corrected chi connectivity index (χ2v) is 8.43. The molecule has 1 aliphatic rings. The second kappa shape index (κ2) is 8.54. The van der Waals surface area contributed by atoms with Gasteiger partial charge in [-0.05, 0) is 62.9 Å². The average molecular weight is 445 g/mol. The molecule has 0 saturated carbocycles. The van der Waals surface area contributed by atoms with Crippen LogP contribution in [0.2, 0.25) is 0 Å². The van der Waals surface area contributed by atoms with E-state index in [0.717, 1.165) is 41.8 Å². The number of nitrogens with one attached hydrogen (secondary N) is 1. The van der Waals surface area contributed by atoms with Gasteiger partial charge in [0.1, 0.15) is 5.52 Å². The number of para-hydroxylation sites is 1. The van der Waals surface area contributed by atoms with Crippen molar-refractivity contribution in [2.75, 3.05) is 18.4 Å². The lowest BCUT2D eigenvalue weighted by Crippen LogP contribution is -2.46. The van der Waals surface area contributed by atoms with Crippen LogP contribution in [0.4, 0.5) is 18.9 Å². The number of benzene rings is 2. The first-order chi connectivity index (χ1) is 15.1. The molecule has 0 radical (unpaired) electrons. The molecule has 0 bridgehead atoms. The molecule has 0 aliphatic carbocycles. The number of fused-ring (bicyclic) bond motifs is 1. The third-order valence-corrected chi connectivity index (χ3v) is 6.30. The van der Waals surface area contributed by atoms with Crippen LogP contribution in [0.25, 0.3) is 11.0 Å². The van der Waals surface area contributed by atoms with E-state index in [4.69, 9.17) is 0 Å². The third kappa shape index (κ3) is 4.34. The predicted octanol–water partition coefficient (Wildman–Crippen LogP) is 4.73. The number of rotatable bonds is 4. The first-order valence-electron chi connectivity index (χ1n) is 10.7. The highest BCUT2D eigenvalue weighted by molar-refractivity contribution is 5.95. The van der Waals surface area contributed by atoms with Gasteiger partial charge in [0.15, 0.2) is 0 Å². The normalized spacial score (nSPS) is 16.9. The molecule has 6 nitrogen and oxygen atoms in total. The van der Waals surface area contributed by atoms with Crippen LogP contribution in [-0.4, -0.2) is 44.9 Å². The molecule has 1 aliphatic heterocycles. The van der Waals surface area contributed by atoms with Gasteiger partial charge in [0, 0.05) is 18.8 Å². The Kier molecular flexibility index (Phi) is 5.94. The van der Waals surface area contributed by atoms with Crippen LogP contribution in [0.3, 0.4) is 0 Å². The molecule has 9 heteroatoms. The minimum atomic E-state index is -4.41. The summed E-state index contributed by atoms with van der Waals surface area (Å²) in [6.07, 6.45) is -2.93. The van der Waals surface area contributed by atoms with Gasteiger partial charge in [-0.3, -0.25) is 9.69 Å². The maximum Gasteiger partial charge on any atom is 0.416 e. The van der Waals surface area contributed by atoms with Crippen molar-refractivity contribution in [1.82, 2.24) is 19.9 Å². The predicted molar refractivity (Wildman–Crippen MR) is 116 cm³/mol. The van der Waals surface area contributed by atoms with Crippen molar-refractivity contribution in [2.45, 2.75) is 51.9 Å². The van der Waals surface area contributed by atoms with Crippen LogP contribution < -0.4 is 5.32 Å². The Balaban J connectivity index is 1.41. The lowest BCUT2D eigenvalue weighted by molar-refractivity contribution is -0.137. The molecule has 0 spiro atoms. The number of carbonyl (C=O) groups excluding carboxylic acids is 1. The highest BCUT2D eigenvalue weighted by atomic mass is 19.4. The fourth-order valence-electron chi connectivity index (χ4n) is 4.31. The number of hydrogen-bond acceptors (Lipinski definition) is 4. The van der Waals surface area contributed by atoms with Gasteiger partial charge in [-0.25, -0.2) is 4.68 Å². The first-order valence-corrected chi connectivity index (χ1v) is 10.7. The number of piperidine rings is 1. The largest absolute Gasteiger partial charge is 0.416 e. The Bertz CT molecular complexity index is 1110. The zero-order valence-electron chi connectivity index (χ0n) is 18.3. The maximum absolute atomic E-state index is 12.9. The van der Waals surface area contributed by atoms with E-state index in [1.165, 1.54) is 6.07 Å². The van der Waals surface area contributed by atoms with Gasteiger partial charge in [-0.1, -0.05) is 23.4 Å². The number of likely N-dealkylation sites (tertiary alicyclic amines) is 1. The average Bonchev–Trinajstić information content (AvgIpc) is 3.18. The van der Waals surface area contributed by atoms with Crippen molar-refractivity contribution in [1.29, 1.82) is 0 Å². The SMILES string of the molecule is Cc1cccc(C)c1NC(=O)[C@H](C)N1CCC(n2nnc3cc(C(F)(F)F)ccc32)CC1. The van der Waals surface area contributed by atoms with Gasteiger partial charge in [-0.2, -0.15) is 13.2 Å². The molecule has 2 heterocycles. The lowest BCUT2D eigenvalue weighted by Gasteiger charge is -2.35. The van der Waals surface area contributed by atoms with E-state index in [1.54, 1.807) is 4.68 Å². The van der Waals surface area contributed by atoms with Crippen LogP contribution in [0, 0.1) is 13.8 Å². The molecule has 4 rings (SSSR count). The number of aromatic nitrogens is 3. The van der Waals surface area contributed by atoms with Crippen molar-refractivity contribution >= 4 is 22.6 Å². The smallest absolute Gasteiger partial charge is 0.324 e. The first kappa shape index (κ1) is 22.3. The molecular formula is C23H26F3N5O. The Morgan fingerprint density at radius 2 is 1.78 bits per heavy atom. The zero-order chi connectivity index (χ0) is 23.0. The summed E-state index contributed by atoms with van der Waals surface area (Å²) in [7, 11) is 0. The lowest BCUT2D eigenvalue weighted by atomic mass is 10.0. The number of nitrogens with zero attached hydrogens (tertiary/aromatic N) is 4. The number of anilines is 1. The van der Waals surface area contributed by atoms with E-state index in [1.807, 2.05) is 39.0 Å². The summed E-state index contributed by atoms with van der Waals surface area (Å²) in [6, 6.07) is 9.18. The molecule has 0 unspecified atom stereocenters. The summed E-state index contributed by atoms with van der Waals surface area (Å²) in [6.45, 7) is 7.21. The second-order valence-electron chi connectivity index (χ2n) is 8.43. The fraction of sp³-hybridized carbons (Fsp3) is 0.435. The molecule has 2 aromatic carbocycles. The van der Waals surface area contributed by atoms with Crippen molar-refractivity contribution in [3.8, 4) is 0 Å². The molecular weight excluding hydrogens is 419 g/mol. The third-order valence-electron chi connectivity index (χ3n) is 6.30. The van der Waals surface area contributed by atoms with Gasteiger partial charge < -0.3 is 5.32 Å². The van der Waals surface area contributed by atoms with Gasteiger partial charge in [0.25, 0.3) is 0 Å². The van der Waals surface area contributed by atoms with Crippen molar-refractivity contribution in [3.05, 3.63) is 53.1 Å². The highest BCUT2D eigenvalue weighted by Crippen LogP contribution is 2.32. The minimum Gasteiger partial charge on any atom is -0.324 e. The minimum absolute atomic E-state index is 0.0295. The van der Waals surface area contributed by atoms with Gasteiger partial charge >= 0.3 is 6.18 Å².